The van der Waals surface area contributed by atoms with Crippen LogP contribution in [0.15, 0.2) is 0 Å². The van der Waals surface area contributed by atoms with Crippen molar-refractivity contribution in [1.29, 1.82) is 0 Å². The van der Waals surface area contributed by atoms with Crippen LogP contribution in [0.25, 0.3) is 0 Å². The Hall–Kier alpha value is -0.590. The van der Waals surface area contributed by atoms with Gasteiger partial charge in [0.25, 0.3) is 0 Å². The summed E-state index contributed by atoms with van der Waals surface area (Å²) >= 11 is 0. The highest BCUT2D eigenvalue weighted by atomic mass is 32.2. The molecule has 1 rings (SSSR count). The number of carbonyl (C=O) groups excluding carboxylic acids is 1. The van der Waals surface area contributed by atoms with Crippen molar-refractivity contribution >= 4 is 16.1 Å². The molecule has 106 valence electrons. The SMILES string of the molecule is O=CC1CCC(CS(=O)(=O)CCC(F)(F)F)CC1. The minimum Gasteiger partial charge on any atom is -0.303 e. The van der Waals surface area contributed by atoms with E-state index in [4.69, 9.17) is 0 Å². The van der Waals surface area contributed by atoms with Crippen LogP contribution in [-0.4, -0.2) is 32.4 Å². The third kappa shape index (κ3) is 5.84. The molecule has 0 spiro atoms. The molecule has 0 aliphatic heterocycles. The molecule has 3 nitrogen and oxygen atoms in total. The number of rotatable bonds is 5. The minimum atomic E-state index is -4.43. The number of carbonyl (C=O) groups is 1. The maximum absolute atomic E-state index is 12.0. The van der Waals surface area contributed by atoms with Gasteiger partial charge in [0.05, 0.1) is 17.9 Å². The van der Waals surface area contributed by atoms with Crippen molar-refractivity contribution in [3.05, 3.63) is 0 Å². The maximum atomic E-state index is 12.0. The lowest BCUT2D eigenvalue weighted by Crippen LogP contribution is -2.25. The van der Waals surface area contributed by atoms with Crippen molar-refractivity contribution in [2.45, 2.75) is 38.3 Å². The zero-order valence-corrected chi connectivity index (χ0v) is 10.8. The van der Waals surface area contributed by atoms with Crippen LogP contribution < -0.4 is 0 Å². The number of alkyl halides is 3. The van der Waals surface area contributed by atoms with Gasteiger partial charge in [-0.25, -0.2) is 8.42 Å². The van der Waals surface area contributed by atoms with Crippen molar-refractivity contribution in [3.63, 3.8) is 0 Å². The van der Waals surface area contributed by atoms with E-state index in [0.29, 0.717) is 25.7 Å². The normalized spacial score (nSPS) is 25.9. The average molecular weight is 286 g/mol. The lowest BCUT2D eigenvalue weighted by molar-refractivity contribution is -0.130. The van der Waals surface area contributed by atoms with Crippen molar-refractivity contribution in [2.24, 2.45) is 11.8 Å². The number of hydrogen-bond acceptors (Lipinski definition) is 3. The van der Waals surface area contributed by atoms with E-state index in [0.717, 1.165) is 6.29 Å². The van der Waals surface area contributed by atoms with Crippen molar-refractivity contribution in [2.75, 3.05) is 11.5 Å². The molecule has 7 heteroatoms. The fourth-order valence-corrected chi connectivity index (χ4v) is 3.97. The third-order valence-electron chi connectivity index (χ3n) is 3.27. The van der Waals surface area contributed by atoms with E-state index in [1.165, 1.54) is 0 Å². The summed E-state index contributed by atoms with van der Waals surface area (Å²) in [6.07, 6.45) is -2.34. The van der Waals surface area contributed by atoms with Gasteiger partial charge in [-0.05, 0) is 31.6 Å². The van der Waals surface area contributed by atoms with Crippen LogP contribution in [-0.2, 0) is 14.6 Å². The Balaban J connectivity index is 2.40. The van der Waals surface area contributed by atoms with Gasteiger partial charge in [-0.2, -0.15) is 13.2 Å². The molecule has 1 fully saturated rings. The Bertz CT molecular complexity index is 367. The average Bonchev–Trinajstić information content (AvgIpc) is 2.26. The molecule has 0 atom stereocenters. The first-order chi connectivity index (χ1) is 8.22. The van der Waals surface area contributed by atoms with E-state index < -0.39 is 28.2 Å². The third-order valence-corrected chi connectivity index (χ3v) is 5.08. The van der Waals surface area contributed by atoms with E-state index >= 15 is 0 Å². The molecule has 0 N–H and O–H groups in total. The van der Waals surface area contributed by atoms with Crippen LogP contribution in [0, 0.1) is 11.8 Å². The zero-order chi connectivity index (χ0) is 13.8. The first-order valence-corrected chi connectivity index (χ1v) is 7.76. The molecule has 0 bridgehead atoms. The molecule has 0 amide bonds. The highest BCUT2D eigenvalue weighted by molar-refractivity contribution is 7.91. The van der Waals surface area contributed by atoms with Gasteiger partial charge in [0.15, 0.2) is 9.84 Å². The lowest BCUT2D eigenvalue weighted by Gasteiger charge is -2.25. The lowest BCUT2D eigenvalue weighted by atomic mass is 9.84. The van der Waals surface area contributed by atoms with Gasteiger partial charge >= 0.3 is 6.18 Å². The molecule has 0 aromatic heterocycles. The molecule has 0 unspecified atom stereocenters. The molecule has 0 radical (unpaired) electrons. The fraction of sp³-hybridized carbons (Fsp3) is 0.909. The topological polar surface area (TPSA) is 51.2 Å². The Morgan fingerprint density at radius 3 is 2.11 bits per heavy atom. The molecular formula is C11H17F3O3S. The van der Waals surface area contributed by atoms with Gasteiger partial charge in [0.2, 0.25) is 0 Å². The van der Waals surface area contributed by atoms with Crippen LogP contribution in [0.2, 0.25) is 0 Å². The van der Waals surface area contributed by atoms with Gasteiger partial charge in [-0.3, -0.25) is 0 Å². The molecule has 0 saturated heterocycles. The molecule has 1 aliphatic rings. The van der Waals surface area contributed by atoms with Crippen LogP contribution in [0.4, 0.5) is 13.2 Å². The maximum Gasteiger partial charge on any atom is 0.390 e. The summed E-state index contributed by atoms with van der Waals surface area (Å²) in [5.41, 5.74) is 0. The number of sulfone groups is 1. The van der Waals surface area contributed by atoms with Gasteiger partial charge in [0, 0.05) is 5.92 Å². The summed E-state index contributed by atoms with van der Waals surface area (Å²) in [5.74, 6) is -1.13. The van der Waals surface area contributed by atoms with E-state index in [9.17, 15) is 26.4 Å². The van der Waals surface area contributed by atoms with Crippen LogP contribution in [0.5, 0.6) is 0 Å². The largest absolute Gasteiger partial charge is 0.390 e. The Morgan fingerprint density at radius 2 is 1.67 bits per heavy atom. The van der Waals surface area contributed by atoms with Gasteiger partial charge in [-0.15, -0.1) is 0 Å². The standard InChI is InChI=1S/C11H17F3O3S/c12-11(13,14)5-6-18(16,17)8-10-3-1-9(7-15)2-4-10/h7,9-10H,1-6,8H2. The van der Waals surface area contributed by atoms with Crippen molar-refractivity contribution in [3.8, 4) is 0 Å². The smallest absolute Gasteiger partial charge is 0.303 e. The fourth-order valence-electron chi connectivity index (χ4n) is 2.20. The van der Waals surface area contributed by atoms with Gasteiger partial charge in [0.1, 0.15) is 6.29 Å². The van der Waals surface area contributed by atoms with Crippen LogP contribution >= 0.6 is 0 Å². The number of halogens is 3. The predicted octanol–water partition coefficient (Wildman–Crippen LogP) is 2.36. The van der Waals surface area contributed by atoms with Gasteiger partial charge in [-0.1, -0.05) is 0 Å². The second kappa shape index (κ2) is 6.04. The second-order valence-corrected chi connectivity index (χ2v) is 7.13. The second-order valence-electron chi connectivity index (χ2n) is 4.90. The minimum absolute atomic E-state index is 0.0147. The number of hydrogen-bond donors (Lipinski definition) is 0. The summed E-state index contributed by atoms with van der Waals surface area (Å²) in [5, 5.41) is 0. The van der Waals surface area contributed by atoms with Crippen LogP contribution in [0.1, 0.15) is 32.1 Å². The summed E-state index contributed by atoms with van der Waals surface area (Å²) in [7, 11) is -3.65. The summed E-state index contributed by atoms with van der Waals surface area (Å²) in [6.45, 7) is 0. The monoisotopic (exact) mass is 286 g/mol. The molecule has 1 saturated carbocycles. The highest BCUT2D eigenvalue weighted by Crippen LogP contribution is 2.29. The Labute approximate surface area is 105 Å². The summed E-state index contributed by atoms with van der Waals surface area (Å²) in [4.78, 5) is 10.5. The first-order valence-electron chi connectivity index (χ1n) is 5.94. The first kappa shape index (κ1) is 15.5. The summed E-state index contributed by atoms with van der Waals surface area (Å²) < 4.78 is 58.9. The van der Waals surface area contributed by atoms with Crippen molar-refractivity contribution in [1.82, 2.24) is 0 Å². The van der Waals surface area contributed by atoms with Gasteiger partial charge < -0.3 is 4.79 Å². The predicted molar refractivity (Wildman–Crippen MR) is 60.8 cm³/mol. The molecular weight excluding hydrogens is 269 g/mol. The Morgan fingerprint density at radius 1 is 1.11 bits per heavy atom. The molecule has 0 aromatic rings. The van der Waals surface area contributed by atoms with Crippen LogP contribution in [0.3, 0.4) is 0 Å². The molecule has 18 heavy (non-hydrogen) atoms. The van der Waals surface area contributed by atoms with Crippen molar-refractivity contribution < 1.29 is 26.4 Å². The van der Waals surface area contributed by atoms with E-state index in [-0.39, 0.29) is 17.6 Å². The molecule has 1 aliphatic carbocycles. The Kier molecular flexibility index (Phi) is 5.19. The molecule has 0 aromatic carbocycles. The van der Waals surface area contributed by atoms with E-state index in [2.05, 4.69) is 0 Å². The highest BCUT2D eigenvalue weighted by Gasteiger charge is 2.31. The van der Waals surface area contributed by atoms with E-state index in [1.54, 1.807) is 0 Å². The number of aldehydes is 1. The quantitative estimate of drug-likeness (QED) is 0.729. The van der Waals surface area contributed by atoms with E-state index in [1.807, 2.05) is 0 Å². The summed E-state index contributed by atoms with van der Waals surface area (Å²) in [6, 6.07) is 0. The zero-order valence-electron chi connectivity index (χ0n) is 9.95. The molecule has 0 heterocycles.